The lowest BCUT2D eigenvalue weighted by atomic mass is 10.1. The lowest BCUT2D eigenvalue weighted by Crippen LogP contribution is -2.24. The maximum absolute atomic E-state index is 6.04. The molecule has 0 amide bonds. The molecule has 1 aliphatic heterocycles. The number of hydrogen-bond acceptors (Lipinski definition) is 5. The summed E-state index contributed by atoms with van der Waals surface area (Å²) in [5.74, 6) is 2.93. The lowest BCUT2D eigenvalue weighted by molar-refractivity contribution is 0.0763. The molecular formula is C26H26O5. The van der Waals surface area contributed by atoms with Crippen LogP contribution in [0, 0.1) is 0 Å². The van der Waals surface area contributed by atoms with Gasteiger partial charge in [0.05, 0.1) is 13.2 Å². The summed E-state index contributed by atoms with van der Waals surface area (Å²) in [5.41, 5.74) is 2.00. The highest BCUT2D eigenvalue weighted by atomic mass is 16.5. The molecule has 0 atom stereocenters. The summed E-state index contributed by atoms with van der Waals surface area (Å²) in [6.45, 7) is 10.8. The Labute approximate surface area is 182 Å². The van der Waals surface area contributed by atoms with Gasteiger partial charge in [0, 0.05) is 12.1 Å². The van der Waals surface area contributed by atoms with Crippen LogP contribution in [0.2, 0.25) is 0 Å². The Morgan fingerprint density at radius 2 is 0.935 bits per heavy atom. The summed E-state index contributed by atoms with van der Waals surface area (Å²) in [7, 11) is 0. The van der Waals surface area contributed by atoms with Crippen LogP contribution in [0.4, 0.5) is 0 Å². The van der Waals surface area contributed by atoms with E-state index >= 15 is 0 Å². The molecular weight excluding hydrogens is 392 g/mol. The maximum atomic E-state index is 6.04. The fourth-order valence-electron chi connectivity index (χ4n) is 3.23. The Balaban J connectivity index is 1.60. The SMILES string of the molecule is C=c1cc2c(cc1=C)COc1cccc(c1)OCCOCCOc1cccc(c1)OC2. The van der Waals surface area contributed by atoms with Gasteiger partial charge < -0.3 is 23.7 Å². The molecule has 3 aromatic carbocycles. The first-order valence-corrected chi connectivity index (χ1v) is 10.3. The normalized spacial score (nSPS) is 14.8. The summed E-state index contributed by atoms with van der Waals surface area (Å²) >= 11 is 0. The Bertz CT molecular complexity index is 1040. The number of rotatable bonds is 0. The lowest BCUT2D eigenvalue weighted by Gasteiger charge is -2.14. The van der Waals surface area contributed by atoms with E-state index in [-0.39, 0.29) is 0 Å². The van der Waals surface area contributed by atoms with Crippen LogP contribution in [0.1, 0.15) is 11.1 Å². The molecule has 0 spiro atoms. The Hall–Kier alpha value is -3.44. The van der Waals surface area contributed by atoms with Gasteiger partial charge in [-0.3, -0.25) is 0 Å². The van der Waals surface area contributed by atoms with Gasteiger partial charge in [-0.1, -0.05) is 25.3 Å². The van der Waals surface area contributed by atoms with Crippen molar-refractivity contribution in [3.8, 4) is 23.0 Å². The zero-order chi connectivity index (χ0) is 21.5. The van der Waals surface area contributed by atoms with E-state index in [1.165, 1.54) is 0 Å². The van der Waals surface area contributed by atoms with Gasteiger partial charge in [-0.2, -0.15) is 0 Å². The average molecular weight is 418 g/mol. The molecule has 1 heterocycles. The Kier molecular flexibility index (Phi) is 6.75. The van der Waals surface area contributed by atoms with Gasteiger partial charge in [-0.05, 0) is 58.0 Å². The van der Waals surface area contributed by atoms with E-state index < -0.39 is 0 Å². The largest absolute Gasteiger partial charge is 0.491 e. The van der Waals surface area contributed by atoms with E-state index in [4.69, 9.17) is 23.7 Å². The van der Waals surface area contributed by atoms with Gasteiger partial charge in [-0.15, -0.1) is 0 Å². The monoisotopic (exact) mass is 418 g/mol. The standard InChI is InChI=1S/C26H26O5/c1-19-13-21-17-30-25-7-3-5-23(15-25)28-11-9-27-10-12-29-24-6-4-8-26(16-24)31-18-22(21)14-20(19)2/h3-8,13-16H,1-2,9-12,17-18H2. The molecule has 5 heteroatoms. The Morgan fingerprint density at radius 1 is 0.516 bits per heavy atom. The quantitative estimate of drug-likeness (QED) is 0.560. The summed E-state index contributed by atoms with van der Waals surface area (Å²) in [6, 6.07) is 19.2. The van der Waals surface area contributed by atoms with Crippen LogP contribution in [0.5, 0.6) is 23.0 Å². The first-order chi connectivity index (χ1) is 15.2. The number of fused-ring (bicyclic) bond motifs is 5. The van der Waals surface area contributed by atoms with Crippen molar-refractivity contribution in [1.29, 1.82) is 0 Å². The molecule has 0 fully saturated rings. The molecule has 0 radical (unpaired) electrons. The number of ether oxygens (including phenoxy) is 5. The second-order valence-corrected chi connectivity index (χ2v) is 7.23. The smallest absolute Gasteiger partial charge is 0.123 e. The minimum atomic E-state index is 0.386. The predicted molar refractivity (Wildman–Crippen MR) is 120 cm³/mol. The third-order valence-electron chi connectivity index (χ3n) is 4.91. The molecule has 160 valence electrons. The van der Waals surface area contributed by atoms with Crippen molar-refractivity contribution in [3.05, 3.63) is 82.2 Å². The molecule has 0 saturated heterocycles. The molecule has 4 rings (SSSR count). The van der Waals surface area contributed by atoms with E-state index in [9.17, 15) is 0 Å². The maximum Gasteiger partial charge on any atom is 0.123 e. The molecule has 4 bridgehead atoms. The molecule has 3 aromatic rings. The molecule has 5 nitrogen and oxygen atoms in total. The zero-order valence-corrected chi connectivity index (χ0v) is 17.5. The van der Waals surface area contributed by atoms with Gasteiger partial charge in [0.2, 0.25) is 0 Å². The van der Waals surface area contributed by atoms with Crippen LogP contribution in [0.25, 0.3) is 13.2 Å². The Morgan fingerprint density at radius 3 is 1.39 bits per heavy atom. The number of hydrogen-bond donors (Lipinski definition) is 0. The third kappa shape index (κ3) is 5.80. The molecule has 31 heavy (non-hydrogen) atoms. The molecule has 1 aliphatic rings. The van der Waals surface area contributed by atoms with E-state index in [0.717, 1.165) is 44.6 Å². The van der Waals surface area contributed by atoms with Gasteiger partial charge in [0.15, 0.2) is 0 Å². The fraction of sp³-hybridized carbons (Fsp3) is 0.231. The summed E-state index contributed by atoms with van der Waals surface area (Å²) in [4.78, 5) is 0. The zero-order valence-electron chi connectivity index (χ0n) is 17.5. The van der Waals surface area contributed by atoms with Crippen molar-refractivity contribution in [3.63, 3.8) is 0 Å². The van der Waals surface area contributed by atoms with Crippen LogP contribution in [-0.2, 0) is 18.0 Å². The van der Waals surface area contributed by atoms with E-state index in [2.05, 4.69) is 13.2 Å². The van der Waals surface area contributed by atoms with Crippen molar-refractivity contribution in [2.24, 2.45) is 0 Å². The van der Waals surface area contributed by atoms with E-state index in [0.29, 0.717) is 39.6 Å². The van der Waals surface area contributed by atoms with Crippen LogP contribution in [0.15, 0.2) is 60.7 Å². The first-order valence-electron chi connectivity index (χ1n) is 10.3. The highest BCUT2D eigenvalue weighted by Crippen LogP contribution is 2.23. The topological polar surface area (TPSA) is 46.2 Å². The highest BCUT2D eigenvalue weighted by molar-refractivity contribution is 5.36. The predicted octanol–water partition coefficient (Wildman–Crippen LogP) is 3.45. The second-order valence-electron chi connectivity index (χ2n) is 7.23. The highest BCUT2D eigenvalue weighted by Gasteiger charge is 2.08. The first kappa shape index (κ1) is 20.8. The minimum absolute atomic E-state index is 0.386. The van der Waals surface area contributed by atoms with Crippen molar-refractivity contribution < 1.29 is 23.7 Å². The van der Waals surface area contributed by atoms with Crippen LogP contribution >= 0.6 is 0 Å². The average Bonchev–Trinajstić information content (AvgIpc) is 2.78. The van der Waals surface area contributed by atoms with Crippen LogP contribution in [-0.4, -0.2) is 26.4 Å². The van der Waals surface area contributed by atoms with Crippen molar-refractivity contribution in [1.82, 2.24) is 0 Å². The minimum Gasteiger partial charge on any atom is -0.491 e. The van der Waals surface area contributed by atoms with E-state index in [1.54, 1.807) is 0 Å². The van der Waals surface area contributed by atoms with Crippen molar-refractivity contribution >= 4 is 13.2 Å². The van der Waals surface area contributed by atoms with Gasteiger partial charge in [0.1, 0.15) is 49.4 Å². The fourth-order valence-corrected chi connectivity index (χ4v) is 3.23. The van der Waals surface area contributed by atoms with Crippen LogP contribution < -0.4 is 29.4 Å². The molecule has 0 aliphatic carbocycles. The molecule has 0 N–H and O–H groups in total. The summed E-state index contributed by atoms with van der Waals surface area (Å²) < 4.78 is 29.2. The second kappa shape index (κ2) is 10.0. The molecule has 0 saturated carbocycles. The summed E-state index contributed by atoms with van der Waals surface area (Å²) in [5, 5.41) is 1.74. The molecule has 0 unspecified atom stereocenters. The number of benzene rings is 3. The van der Waals surface area contributed by atoms with Crippen LogP contribution in [0.3, 0.4) is 0 Å². The van der Waals surface area contributed by atoms with Gasteiger partial charge in [-0.25, -0.2) is 0 Å². The van der Waals surface area contributed by atoms with Crippen molar-refractivity contribution in [2.75, 3.05) is 26.4 Å². The molecule has 0 aromatic heterocycles. The summed E-state index contributed by atoms with van der Waals surface area (Å²) in [6.07, 6.45) is 0. The van der Waals surface area contributed by atoms with Crippen molar-refractivity contribution in [2.45, 2.75) is 13.2 Å². The van der Waals surface area contributed by atoms with Gasteiger partial charge >= 0.3 is 0 Å². The third-order valence-corrected chi connectivity index (χ3v) is 4.91. The van der Waals surface area contributed by atoms with Gasteiger partial charge in [0.25, 0.3) is 0 Å². The van der Waals surface area contributed by atoms with E-state index in [1.807, 2.05) is 60.7 Å².